The zero-order valence-corrected chi connectivity index (χ0v) is 13.0. The van der Waals surface area contributed by atoms with Crippen LogP contribution in [0.25, 0.3) is 11.1 Å². The van der Waals surface area contributed by atoms with E-state index in [9.17, 15) is 13.2 Å². The molecule has 0 spiro atoms. The van der Waals surface area contributed by atoms with Crippen molar-refractivity contribution in [2.75, 3.05) is 23.4 Å². The van der Waals surface area contributed by atoms with Gasteiger partial charge in [-0.25, -0.2) is 0 Å². The van der Waals surface area contributed by atoms with Gasteiger partial charge in [0.15, 0.2) is 0 Å². The Bertz CT molecular complexity index is 780. The first-order valence-corrected chi connectivity index (χ1v) is 7.62. The molecule has 1 unspecified atom stereocenters. The van der Waals surface area contributed by atoms with Gasteiger partial charge in [-0.05, 0) is 44.1 Å². The van der Waals surface area contributed by atoms with E-state index in [0.29, 0.717) is 23.9 Å². The quantitative estimate of drug-likeness (QED) is 0.894. The number of halogens is 3. The molecule has 23 heavy (non-hydrogen) atoms. The molecule has 2 aliphatic heterocycles. The largest absolute Gasteiger partial charge is 0.417 e. The fraction of sp³-hybridized carbons (Fsp3) is 0.412. The van der Waals surface area contributed by atoms with Gasteiger partial charge in [-0.1, -0.05) is 0 Å². The van der Waals surface area contributed by atoms with Crippen molar-refractivity contribution in [2.24, 2.45) is 0 Å². The summed E-state index contributed by atoms with van der Waals surface area (Å²) in [5.41, 5.74) is 1.60. The van der Waals surface area contributed by atoms with Crippen LogP contribution in [0.2, 0.25) is 0 Å². The number of allylic oxidation sites excluding steroid dienone is 1. The molecule has 0 aliphatic carbocycles. The summed E-state index contributed by atoms with van der Waals surface area (Å²) in [4.78, 5) is 2.06. The summed E-state index contributed by atoms with van der Waals surface area (Å²) in [6.07, 6.45) is -1.39. The molecule has 0 radical (unpaired) electrons. The number of hydrogen-bond donors (Lipinski definition) is 2. The van der Waals surface area contributed by atoms with Gasteiger partial charge < -0.3 is 15.3 Å². The van der Waals surface area contributed by atoms with Crippen molar-refractivity contribution in [3.05, 3.63) is 34.8 Å². The second-order valence-corrected chi connectivity index (χ2v) is 5.90. The highest BCUT2D eigenvalue weighted by Crippen LogP contribution is 2.31. The number of hydrogen-bond acceptors (Lipinski definition) is 3. The third-order valence-corrected chi connectivity index (χ3v) is 4.60. The summed E-state index contributed by atoms with van der Waals surface area (Å²) in [6, 6.07) is 3.57. The van der Waals surface area contributed by atoms with E-state index < -0.39 is 11.7 Å². The minimum absolute atomic E-state index is 0.0171. The standard InChI is InChI=1S/C17H19F3N2O/c1-10-11(2)22(8-3-9-23)14-5-4-13-16(15(10)14)12(6-7-21-13)17(18,19)20/h4-7,11,21,23H,3,8-9H2,1-2H3. The lowest BCUT2D eigenvalue weighted by molar-refractivity contribution is -0.0690. The van der Waals surface area contributed by atoms with Gasteiger partial charge in [0.05, 0.1) is 5.57 Å². The van der Waals surface area contributed by atoms with E-state index in [1.807, 2.05) is 19.9 Å². The third-order valence-electron chi connectivity index (χ3n) is 4.60. The van der Waals surface area contributed by atoms with Crippen molar-refractivity contribution in [1.29, 1.82) is 0 Å². The van der Waals surface area contributed by atoms with E-state index in [1.165, 1.54) is 6.20 Å². The Hall–Kier alpha value is -1.95. The van der Waals surface area contributed by atoms with Gasteiger partial charge in [0.1, 0.15) is 0 Å². The highest BCUT2D eigenvalue weighted by molar-refractivity contribution is 5.79. The Morgan fingerprint density at radius 1 is 1.26 bits per heavy atom. The Balaban J connectivity index is 2.33. The molecule has 6 heteroatoms. The minimum Gasteiger partial charge on any atom is -0.396 e. The normalized spacial score (nSPS) is 19.7. The number of nitrogens with one attached hydrogen (secondary N) is 1. The molecule has 0 aromatic heterocycles. The molecule has 1 aromatic carbocycles. The number of alkyl halides is 3. The molecule has 0 saturated heterocycles. The van der Waals surface area contributed by atoms with Crippen LogP contribution in [0.5, 0.6) is 0 Å². The summed E-state index contributed by atoms with van der Waals surface area (Å²) in [7, 11) is 0. The lowest BCUT2D eigenvalue weighted by Gasteiger charge is -2.26. The van der Waals surface area contributed by atoms with Crippen LogP contribution in [0.15, 0.2) is 24.4 Å². The Labute approximate surface area is 132 Å². The average molecular weight is 324 g/mol. The van der Waals surface area contributed by atoms with Crippen molar-refractivity contribution in [2.45, 2.75) is 32.5 Å². The topological polar surface area (TPSA) is 35.5 Å². The van der Waals surface area contributed by atoms with Crippen LogP contribution in [0.4, 0.5) is 24.5 Å². The zero-order chi connectivity index (χ0) is 16.8. The highest BCUT2D eigenvalue weighted by atomic mass is 19.4. The highest BCUT2D eigenvalue weighted by Gasteiger charge is 2.36. The molecule has 0 saturated carbocycles. The Kier molecular flexibility index (Phi) is 3.88. The zero-order valence-electron chi connectivity index (χ0n) is 13.0. The van der Waals surface area contributed by atoms with Crippen LogP contribution in [0.1, 0.15) is 20.3 Å². The van der Waals surface area contributed by atoms with Crippen molar-refractivity contribution < 1.29 is 18.3 Å². The fourth-order valence-corrected chi connectivity index (χ4v) is 3.37. The van der Waals surface area contributed by atoms with Crippen molar-refractivity contribution in [1.82, 2.24) is 0 Å². The number of benzene rings is 1. The van der Waals surface area contributed by atoms with Crippen LogP contribution in [-0.4, -0.2) is 30.5 Å². The van der Waals surface area contributed by atoms with Gasteiger partial charge in [-0.2, -0.15) is 13.2 Å². The van der Waals surface area contributed by atoms with Gasteiger partial charge >= 0.3 is 6.18 Å². The first-order chi connectivity index (χ1) is 10.9. The summed E-state index contributed by atoms with van der Waals surface area (Å²) in [5, 5.41) is 12.9. The minimum atomic E-state index is -4.40. The second-order valence-electron chi connectivity index (χ2n) is 5.90. The number of rotatable bonds is 3. The molecule has 124 valence electrons. The fourth-order valence-electron chi connectivity index (χ4n) is 3.37. The molecule has 1 atom stereocenters. The third kappa shape index (κ3) is 2.51. The summed E-state index contributed by atoms with van der Waals surface area (Å²) >= 11 is 0. The number of fused-ring (bicyclic) bond motifs is 3. The lowest BCUT2D eigenvalue weighted by atomic mass is 10.0. The van der Waals surface area contributed by atoms with Crippen molar-refractivity contribution in [3.63, 3.8) is 0 Å². The molecule has 2 heterocycles. The van der Waals surface area contributed by atoms with Gasteiger partial charge in [-0.3, -0.25) is 0 Å². The lowest BCUT2D eigenvalue weighted by Crippen LogP contribution is -2.37. The van der Waals surface area contributed by atoms with Gasteiger partial charge in [0.2, 0.25) is 0 Å². The van der Waals surface area contributed by atoms with Crippen molar-refractivity contribution in [3.8, 4) is 0 Å². The second kappa shape index (κ2) is 5.60. The Morgan fingerprint density at radius 3 is 2.65 bits per heavy atom. The molecule has 0 amide bonds. The van der Waals surface area contributed by atoms with Gasteiger partial charge in [0.25, 0.3) is 0 Å². The molecule has 2 aliphatic rings. The van der Waals surface area contributed by atoms with Crippen LogP contribution >= 0.6 is 0 Å². The predicted molar refractivity (Wildman–Crippen MR) is 85.5 cm³/mol. The molecule has 2 N–H and O–H groups in total. The van der Waals surface area contributed by atoms with E-state index in [-0.39, 0.29) is 17.9 Å². The molecule has 1 aromatic rings. The summed E-state index contributed by atoms with van der Waals surface area (Å²) in [5.74, 6) is 0. The van der Waals surface area contributed by atoms with E-state index >= 15 is 0 Å². The molecule has 3 rings (SSSR count). The van der Waals surface area contributed by atoms with E-state index in [0.717, 1.165) is 17.3 Å². The van der Waals surface area contributed by atoms with Gasteiger partial charge in [-0.15, -0.1) is 0 Å². The molecule has 0 fully saturated rings. The monoisotopic (exact) mass is 324 g/mol. The SMILES string of the molecule is CC1=c2c(ccc3c2=C(C(F)(F)F)C=CN3)N(CCCO)C1C. The van der Waals surface area contributed by atoms with E-state index in [2.05, 4.69) is 10.2 Å². The van der Waals surface area contributed by atoms with E-state index in [1.54, 1.807) is 6.07 Å². The van der Waals surface area contributed by atoms with Crippen LogP contribution in [0, 0.1) is 0 Å². The maximum atomic E-state index is 13.4. The first-order valence-electron chi connectivity index (χ1n) is 7.62. The molecular weight excluding hydrogens is 305 g/mol. The first kappa shape index (κ1) is 15.9. The predicted octanol–water partition coefficient (Wildman–Crippen LogP) is 2.10. The Morgan fingerprint density at radius 2 is 2.00 bits per heavy atom. The number of aliphatic hydroxyl groups excluding tert-OH is 1. The molecule has 0 bridgehead atoms. The molecule has 3 nitrogen and oxygen atoms in total. The molecular formula is C17H19F3N2O. The average Bonchev–Trinajstić information content (AvgIpc) is 2.75. The summed E-state index contributed by atoms with van der Waals surface area (Å²) in [6.45, 7) is 4.55. The number of nitrogens with zero attached hydrogens (tertiary/aromatic N) is 1. The van der Waals surface area contributed by atoms with Crippen LogP contribution in [-0.2, 0) is 0 Å². The van der Waals surface area contributed by atoms with Gasteiger partial charge in [0, 0.05) is 47.2 Å². The van der Waals surface area contributed by atoms with Crippen molar-refractivity contribution >= 4 is 22.5 Å². The smallest absolute Gasteiger partial charge is 0.396 e. The van der Waals surface area contributed by atoms with E-state index in [4.69, 9.17) is 5.11 Å². The maximum Gasteiger partial charge on any atom is 0.417 e. The van der Waals surface area contributed by atoms with Crippen LogP contribution in [0.3, 0.4) is 0 Å². The summed E-state index contributed by atoms with van der Waals surface area (Å²) < 4.78 is 40.3. The maximum absolute atomic E-state index is 13.4. The number of aliphatic hydroxyl groups is 1. The van der Waals surface area contributed by atoms with Crippen LogP contribution < -0.4 is 20.7 Å². The number of anilines is 2.